The van der Waals surface area contributed by atoms with Crippen LogP contribution in [-0.2, 0) is 4.79 Å². The van der Waals surface area contributed by atoms with Gasteiger partial charge in [0.05, 0.1) is 11.8 Å². The summed E-state index contributed by atoms with van der Waals surface area (Å²) in [5.41, 5.74) is 3.44. The van der Waals surface area contributed by atoms with Crippen molar-refractivity contribution in [2.24, 2.45) is 0 Å². The molecule has 0 aliphatic carbocycles. The molecule has 3 aromatic rings. The van der Waals surface area contributed by atoms with Crippen LogP contribution < -0.4 is 5.32 Å². The second-order valence-electron chi connectivity index (χ2n) is 4.74. The second-order valence-corrected chi connectivity index (χ2v) is 5.60. The van der Waals surface area contributed by atoms with Gasteiger partial charge in [-0.15, -0.1) is 11.3 Å². The van der Waals surface area contributed by atoms with E-state index < -0.39 is 0 Å². The van der Waals surface area contributed by atoms with Crippen molar-refractivity contribution >= 4 is 22.9 Å². The first kappa shape index (κ1) is 14.9. The smallest absolute Gasteiger partial charge is 0.238 e. The van der Waals surface area contributed by atoms with Gasteiger partial charge >= 0.3 is 0 Å². The van der Waals surface area contributed by atoms with Crippen LogP contribution in [0.25, 0.3) is 21.8 Å². The first-order chi connectivity index (χ1) is 11.3. The monoisotopic (exact) mass is 320 g/mol. The summed E-state index contributed by atoms with van der Waals surface area (Å²) in [7, 11) is 0. The summed E-state index contributed by atoms with van der Waals surface area (Å²) < 4.78 is 0. The van der Waals surface area contributed by atoms with E-state index >= 15 is 0 Å². The number of nitrogens with zero attached hydrogens (tertiary/aromatic N) is 3. The molecule has 0 saturated carbocycles. The van der Waals surface area contributed by atoms with Crippen LogP contribution in [0, 0.1) is 11.3 Å². The van der Waals surface area contributed by atoms with Gasteiger partial charge in [0.15, 0.2) is 0 Å². The average molecular weight is 320 g/mol. The fourth-order valence-electron chi connectivity index (χ4n) is 2.07. The molecule has 2 heterocycles. The summed E-state index contributed by atoms with van der Waals surface area (Å²) >= 11 is 1.56. The van der Waals surface area contributed by atoms with Crippen molar-refractivity contribution in [3.8, 4) is 27.9 Å². The number of carbonyl (C=O) groups is 1. The number of rotatable bonds is 4. The number of aromatic nitrogens is 2. The van der Waals surface area contributed by atoms with Crippen molar-refractivity contribution in [3.63, 3.8) is 0 Å². The molecule has 0 atom stereocenters. The molecular weight excluding hydrogens is 308 g/mol. The largest absolute Gasteiger partial charge is 0.325 e. The molecule has 2 aromatic heterocycles. The van der Waals surface area contributed by atoms with Gasteiger partial charge in [-0.25, -0.2) is 4.98 Å². The van der Waals surface area contributed by atoms with Gasteiger partial charge in [0, 0.05) is 34.6 Å². The highest BCUT2D eigenvalue weighted by Gasteiger charge is 2.08. The third-order valence-electron chi connectivity index (χ3n) is 3.11. The lowest BCUT2D eigenvalue weighted by Gasteiger charge is -2.04. The molecular formula is C17H12N4OS. The first-order valence-corrected chi connectivity index (χ1v) is 7.77. The van der Waals surface area contributed by atoms with Crippen molar-refractivity contribution < 1.29 is 4.79 Å². The number of thiazole rings is 1. The molecule has 1 amide bonds. The highest BCUT2D eigenvalue weighted by Crippen LogP contribution is 2.29. The molecule has 0 saturated heterocycles. The summed E-state index contributed by atoms with van der Waals surface area (Å²) in [6.07, 6.45) is 3.32. The Morgan fingerprint density at radius 2 is 2.04 bits per heavy atom. The highest BCUT2D eigenvalue weighted by molar-refractivity contribution is 7.13. The van der Waals surface area contributed by atoms with Crippen LogP contribution in [0.1, 0.15) is 6.42 Å². The van der Waals surface area contributed by atoms with E-state index in [9.17, 15) is 4.79 Å². The second kappa shape index (κ2) is 6.81. The third kappa shape index (κ3) is 3.59. The molecule has 6 heteroatoms. The van der Waals surface area contributed by atoms with Crippen molar-refractivity contribution in [3.05, 3.63) is 54.2 Å². The normalized spacial score (nSPS) is 10.0. The molecule has 0 bridgehead atoms. The number of nitrogens with one attached hydrogen (secondary N) is 1. The van der Waals surface area contributed by atoms with Gasteiger partial charge in [-0.3, -0.25) is 9.78 Å². The minimum Gasteiger partial charge on any atom is -0.325 e. The topological polar surface area (TPSA) is 78.7 Å². The summed E-state index contributed by atoms with van der Waals surface area (Å²) in [6.45, 7) is 0. The molecule has 0 radical (unpaired) electrons. The van der Waals surface area contributed by atoms with Crippen molar-refractivity contribution in [1.29, 1.82) is 5.26 Å². The number of nitriles is 1. The van der Waals surface area contributed by atoms with Crippen molar-refractivity contribution in [2.45, 2.75) is 6.42 Å². The lowest BCUT2D eigenvalue weighted by molar-refractivity contribution is -0.115. The Bertz CT molecular complexity index is 868. The van der Waals surface area contributed by atoms with Crippen molar-refractivity contribution in [2.75, 3.05) is 5.32 Å². The van der Waals surface area contributed by atoms with E-state index in [0.717, 1.165) is 21.8 Å². The zero-order valence-corrected chi connectivity index (χ0v) is 12.9. The van der Waals surface area contributed by atoms with E-state index in [-0.39, 0.29) is 12.3 Å². The maximum absolute atomic E-state index is 11.5. The van der Waals surface area contributed by atoms with Crippen LogP contribution in [0.5, 0.6) is 0 Å². The van der Waals surface area contributed by atoms with Gasteiger partial charge < -0.3 is 5.32 Å². The summed E-state index contributed by atoms with van der Waals surface area (Å²) in [4.78, 5) is 20.1. The Balaban J connectivity index is 1.84. The maximum atomic E-state index is 11.5. The van der Waals surface area contributed by atoms with Gasteiger partial charge in [-0.05, 0) is 24.3 Å². The summed E-state index contributed by atoms with van der Waals surface area (Å²) in [6, 6.07) is 13.1. The number of carbonyl (C=O) groups excluding carboxylic acids is 1. The molecule has 0 spiro atoms. The zero-order valence-electron chi connectivity index (χ0n) is 12.1. The Kier molecular flexibility index (Phi) is 4.41. The molecule has 112 valence electrons. The minimum atomic E-state index is -0.319. The fourth-order valence-corrected chi connectivity index (χ4v) is 2.90. The Hall–Kier alpha value is -3.04. The van der Waals surface area contributed by atoms with Crippen LogP contribution in [0.3, 0.4) is 0 Å². The van der Waals surface area contributed by atoms with E-state index in [2.05, 4.69) is 15.3 Å². The SMILES string of the molecule is N#CCC(=O)Nc1cccc(-c2csc(-c3ccncc3)n2)c1. The lowest BCUT2D eigenvalue weighted by atomic mass is 10.1. The van der Waals surface area contributed by atoms with Crippen LogP contribution in [0.2, 0.25) is 0 Å². The van der Waals surface area contributed by atoms with Crippen LogP contribution in [0.15, 0.2) is 54.2 Å². The maximum Gasteiger partial charge on any atom is 0.238 e. The molecule has 1 N–H and O–H groups in total. The summed E-state index contributed by atoms with van der Waals surface area (Å²) in [5.74, 6) is -0.319. The van der Waals surface area contributed by atoms with Gasteiger partial charge in [0.2, 0.25) is 5.91 Å². The zero-order chi connectivity index (χ0) is 16.1. The molecule has 0 aliphatic rings. The molecule has 1 aromatic carbocycles. The number of amides is 1. The van der Waals surface area contributed by atoms with Gasteiger partial charge in [-0.1, -0.05) is 12.1 Å². The molecule has 5 nitrogen and oxygen atoms in total. The molecule has 0 aliphatic heterocycles. The minimum absolute atomic E-state index is 0.160. The van der Waals surface area contributed by atoms with Gasteiger partial charge in [0.1, 0.15) is 11.4 Å². The predicted octanol–water partition coefficient (Wildman–Crippen LogP) is 3.72. The van der Waals surface area contributed by atoms with E-state index in [0.29, 0.717) is 5.69 Å². The summed E-state index contributed by atoms with van der Waals surface area (Å²) in [5, 5.41) is 14.1. The first-order valence-electron chi connectivity index (χ1n) is 6.89. The molecule has 23 heavy (non-hydrogen) atoms. The van der Waals surface area contributed by atoms with Crippen LogP contribution >= 0.6 is 11.3 Å². The number of anilines is 1. The Morgan fingerprint density at radius 3 is 2.83 bits per heavy atom. The van der Waals surface area contributed by atoms with E-state index in [1.54, 1.807) is 29.8 Å². The van der Waals surface area contributed by atoms with Crippen LogP contribution in [-0.4, -0.2) is 15.9 Å². The number of benzene rings is 1. The highest BCUT2D eigenvalue weighted by atomic mass is 32.1. The standard InChI is InChI=1S/C17H12N4OS/c18-7-4-16(22)20-14-3-1-2-13(10-14)15-11-23-17(21-15)12-5-8-19-9-6-12/h1-3,5-6,8-11H,4H2,(H,20,22). The lowest BCUT2D eigenvalue weighted by Crippen LogP contribution is -2.09. The number of hydrogen-bond acceptors (Lipinski definition) is 5. The van der Waals surface area contributed by atoms with Crippen molar-refractivity contribution in [1.82, 2.24) is 9.97 Å². The van der Waals surface area contributed by atoms with E-state index in [1.807, 2.05) is 41.8 Å². The Morgan fingerprint density at radius 1 is 1.22 bits per heavy atom. The van der Waals surface area contributed by atoms with Crippen LogP contribution in [0.4, 0.5) is 5.69 Å². The molecule has 0 unspecified atom stereocenters. The Labute approximate surface area is 137 Å². The third-order valence-corrected chi connectivity index (χ3v) is 4.00. The van der Waals surface area contributed by atoms with Gasteiger partial charge in [0.25, 0.3) is 0 Å². The predicted molar refractivity (Wildman–Crippen MR) is 89.6 cm³/mol. The van der Waals surface area contributed by atoms with E-state index in [1.165, 1.54) is 0 Å². The average Bonchev–Trinajstić information content (AvgIpc) is 3.06. The fraction of sp³-hybridized carbons (Fsp3) is 0.0588. The number of pyridine rings is 1. The quantitative estimate of drug-likeness (QED) is 0.794. The molecule has 0 fully saturated rings. The van der Waals surface area contributed by atoms with Gasteiger partial charge in [-0.2, -0.15) is 5.26 Å². The number of hydrogen-bond donors (Lipinski definition) is 1. The molecule has 3 rings (SSSR count). The van der Waals surface area contributed by atoms with E-state index in [4.69, 9.17) is 5.26 Å².